The molecule has 0 unspecified atom stereocenters. The van der Waals surface area contributed by atoms with Crippen LogP contribution in [-0.4, -0.2) is 32.7 Å². The molecule has 0 aromatic carbocycles. The minimum absolute atomic E-state index is 0.124. The van der Waals surface area contributed by atoms with Crippen LogP contribution in [-0.2, 0) is 10.2 Å². The molecule has 5 nitrogen and oxygen atoms in total. The summed E-state index contributed by atoms with van der Waals surface area (Å²) < 4.78 is 28.2. The van der Waals surface area contributed by atoms with Crippen molar-refractivity contribution in [3.8, 4) is 0 Å². The predicted octanol–water partition coefficient (Wildman–Crippen LogP) is 0.372. The molecule has 1 rings (SSSR count). The average Bonchev–Trinajstić information content (AvgIpc) is 2.95. The summed E-state index contributed by atoms with van der Waals surface area (Å²) in [5, 5.41) is 8.73. The topological polar surface area (TPSA) is 78.4 Å². The lowest BCUT2D eigenvalue weighted by Crippen LogP contribution is -2.42. The molecule has 0 spiro atoms. The van der Waals surface area contributed by atoms with Gasteiger partial charge < -0.3 is 5.11 Å². The Morgan fingerprint density at radius 1 is 1.38 bits per heavy atom. The van der Waals surface area contributed by atoms with E-state index < -0.39 is 10.2 Å². The molecule has 3 N–H and O–H groups in total. The highest BCUT2D eigenvalue weighted by atomic mass is 32.2. The van der Waals surface area contributed by atoms with Gasteiger partial charge in [0.05, 0.1) is 0 Å². The minimum atomic E-state index is -3.34. The number of nitrogens with one attached hydrogen (secondary N) is 2. The second-order valence-electron chi connectivity index (χ2n) is 5.21. The number of hydrogen-bond acceptors (Lipinski definition) is 3. The molecule has 16 heavy (non-hydrogen) atoms. The third kappa shape index (κ3) is 5.79. The van der Waals surface area contributed by atoms with Gasteiger partial charge in [-0.25, -0.2) is 4.72 Å². The van der Waals surface area contributed by atoms with Crippen LogP contribution in [0.15, 0.2) is 0 Å². The van der Waals surface area contributed by atoms with Crippen LogP contribution in [0.1, 0.15) is 39.5 Å². The zero-order valence-corrected chi connectivity index (χ0v) is 10.8. The van der Waals surface area contributed by atoms with Crippen molar-refractivity contribution in [3.63, 3.8) is 0 Å². The fraction of sp³-hybridized carbons (Fsp3) is 1.00. The van der Waals surface area contributed by atoms with Crippen LogP contribution in [0.25, 0.3) is 0 Å². The van der Waals surface area contributed by atoms with Crippen molar-refractivity contribution >= 4 is 10.2 Å². The summed E-state index contributed by atoms with van der Waals surface area (Å²) in [4.78, 5) is 0. The number of rotatable bonds is 8. The minimum Gasteiger partial charge on any atom is -0.396 e. The van der Waals surface area contributed by atoms with Crippen LogP contribution in [0.4, 0.5) is 0 Å². The van der Waals surface area contributed by atoms with Crippen molar-refractivity contribution in [1.29, 1.82) is 0 Å². The van der Waals surface area contributed by atoms with E-state index in [1.165, 1.54) is 0 Å². The Balaban J connectivity index is 2.30. The van der Waals surface area contributed by atoms with Crippen molar-refractivity contribution in [1.82, 2.24) is 9.44 Å². The standard InChI is InChI=1S/C10H22N2O3S/c1-10(2,6-3-7-13)8-11-16(14,15)12-9-4-5-9/h9,11-13H,3-8H2,1-2H3. The van der Waals surface area contributed by atoms with Gasteiger partial charge in [0.25, 0.3) is 10.2 Å². The van der Waals surface area contributed by atoms with E-state index in [0.29, 0.717) is 13.0 Å². The quantitative estimate of drug-likeness (QED) is 0.582. The first-order valence-corrected chi connectivity index (χ1v) is 7.21. The fourth-order valence-corrected chi connectivity index (χ4v) is 2.74. The Hall–Kier alpha value is -0.170. The smallest absolute Gasteiger partial charge is 0.277 e. The van der Waals surface area contributed by atoms with E-state index in [1.807, 2.05) is 13.8 Å². The average molecular weight is 250 g/mol. The summed E-state index contributed by atoms with van der Waals surface area (Å²) in [7, 11) is -3.34. The molecule has 0 heterocycles. The maximum Gasteiger partial charge on any atom is 0.277 e. The molecule has 0 aromatic heterocycles. The summed E-state index contributed by atoms with van der Waals surface area (Å²) in [6.07, 6.45) is 3.38. The monoisotopic (exact) mass is 250 g/mol. The van der Waals surface area contributed by atoms with Gasteiger partial charge in [0.1, 0.15) is 0 Å². The first-order chi connectivity index (χ1) is 7.35. The van der Waals surface area contributed by atoms with Gasteiger partial charge in [0, 0.05) is 19.2 Å². The van der Waals surface area contributed by atoms with Crippen molar-refractivity contribution in [2.24, 2.45) is 5.41 Å². The Kier molecular flexibility index (Phi) is 4.73. The van der Waals surface area contributed by atoms with Gasteiger partial charge in [-0.05, 0) is 31.1 Å². The number of aliphatic hydroxyl groups excluding tert-OH is 1. The number of hydrogen-bond donors (Lipinski definition) is 3. The van der Waals surface area contributed by atoms with Gasteiger partial charge in [0.2, 0.25) is 0 Å². The van der Waals surface area contributed by atoms with Crippen LogP contribution >= 0.6 is 0 Å². The summed E-state index contributed by atoms with van der Waals surface area (Å²) in [5.74, 6) is 0. The highest BCUT2D eigenvalue weighted by Gasteiger charge is 2.28. The molecule has 96 valence electrons. The van der Waals surface area contributed by atoms with Gasteiger partial charge >= 0.3 is 0 Å². The molecule has 0 aromatic rings. The SMILES string of the molecule is CC(C)(CCCO)CNS(=O)(=O)NC1CC1. The first-order valence-electron chi connectivity index (χ1n) is 5.72. The lowest BCUT2D eigenvalue weighted by atomic mass is 9.88. The zero-order valence-electron chi connectivity index (χ0n) is 9.99. The van der Waals surface area contributed by atoms with E-state index in [2.05, 4.69) is 9.44 Å². The molecule has 0 saturated heterocycles. The molecule has 6 heteroatoms. The molecule has 0 bridgehead atoms. The summed E-state index contributed by atoms with van der Waals surface area (Å²) in [6.45, 7) is 4.52. The van der Waals surface area contributed by atoms with Crippen LogP contribution < -0.4 is 9.44 Å². The van der Waals surface area contributed by atoms with E-state index in [9.17, 15) is 8.42 Å². The maximum atomic E-state index is 11.5. The van der Waals surface area contributed by atoms with Gasteiger partial charge in [-0.3, -0.25) is 0 Å². The molecule has 0 aliphatic heterocycles. The van der Waals surface area contributed by atoms with Crippen LogP contribution in [0, 0.1) is 5.41 Å². The van der Waals surface area contributed by atoms with Crippen LogP contribution in [0.2, 0.25) is 0 Å². The fourth-order valence-electron chi connectivity index (χ4n) is 1.40. The van der Waals surface area contributed by atoms with Crippen molar-refractivity contribution in [2.45, 2.75) is 45.6 Å². The third-order valence-electron chi connectivity index (χ3n) is 2.65. The molecule has 1 fully saturated rings. The Bertz CT molecular complexity index is 310. The molecule has 1 aliphatic carbocycles. The van der Waals surface area contributed by atoms with Crippen LogP contribution in [0.3, 0.4) is 0 Å². The summed E-state index contributed by atoms with van der Waals surface area (Å²) in [6, 6.07) is 0.137. The molecule has 1 saturated carbocycles. The molecule has 0 amide bonds. The Labute approximate surface area is 97.8 Å². The van der Waals surface area contributed by atoms with Crippen LogP contribution in [0.5, 0.6) is 0 Å². The molecular formula is C10H22N2O3S. The predicted molar refractivity (Wildman–Crippen MR) is 63.2 cm³/mol. The highest BCUT2D eigenvalue weighted by Crippen LogP contribution is 2.22. The van der Waals surface area contributed by atoms with E-state index in [-0.39, 0.29) is 18.1 Å². The first kappa shape index (κ1) is 13.9. The van der Waals surface area contributed by atoms with E-state index in [0.717, 1.165) is 19.3 Å². The van der Waals surface area contributed by atoms with Crippen molar-refractivity contribution in [2.75, 3.05) is 13.2 Å². The summed E-state index contributed by atoms with van der Waals surface area (Å²) in [5.41, 5.74) is -0.124. The third-order valence-corrected chi connectivity index (χ3v) is 3.82. The Morgan fingerprint density at radius 2 is 2.00 bits per heavy atom. The molecule has 0 atom stereocenters. The molecule has 0 radical (unpaired) electrons. The van der Waals surface area contributed by atoms with E-state index >= 15 is 0 Å². The Morgan fingerprint density at radius 3 is 2.50 bits per heavy atom. The molecular weight excluding hydrogens is 228 g/mol. The van der Waals surface area contributed by atoms with Crippen molar-refractivity contribution < 1.29 is 13.5 Å². The second kappa shape index (κ2) is 5.44. The van der Waals surface area contributed by atoms with Crippen molar-refractivity contribution in [3.05, 3.63) is 0 Å². The maximum absolute atomic E-state index is 11.5. The largest absolute Gasteiger partial charge is 0.396 e. The zero-order chi connectivity index (χ0) is 12.2. The van der Waals surface area contributed by atoms with E-state index in [4.69, 9.17) is 5.11 Å². The normalized spacial score (nSPS) is 17.7. The van der Waals surface area contributed by atoms with Gasteiger partial charge in [-0.15, -0.1) is 0 Å². The highest BCUT2D eigenvalue weighted by molar-refractivity contribution is 7.87. The van der Waals surface area contributed by atoms with Gasteiger partial charge in [-0.1, -0.05) is 13.8 Å². The number of aliphatic hydroxyl groups is 1. The van der Waals surface area contributed by atoms with E-state index in [1.54, 1.807) is 0 Å². The lowest BCUT2D eigenvalue weighted by Gasteiger charge is -2.24. The summed E-state index contributed by atoms with van der Waals surface area (Å²) >= 11 is 0. The molecule has 1 aliphatic rings. The van der Waals surface area contributed by atoms with Gasteiger partial charge in [-0.2, -0.15) is 13.1 Å². The second-order valence-corrected chi connectivity index (χ2v) is 6.74. The van der Waals surface area contributed by atoms with Gasteiger partial charge in [0.15, 0.2) is 0 Å². The lowest BCUT2D eigenvalue weighted by molar-refractivity contribution is 0.242.